The van der Waals surface area contributed by atoms with Gasteiger partial charge in [-0.15, -0.1) is 0 Å². The maximum absolute atomic E-state index is 11.9. The number of carbonyl (C=O) groups is 1. The number of likely N-dealkylation sites (N-methyl/N-ethyl adjacent to an activating group) is 1. The summed E-state index contributed by atoms with van der Waals surface area (Å²) < 4.78 is 5.33. The molecule has 4 nitrogen and oxygen atoms in total. The molecule has 0 rings (SSSR count). The smallest absolute Gasteiger partial charge is 0.407 e. The average Bonchev–Trinajstić information content (AvgIpc) is 2.21. The van der Waals surface area contributed by atoms with Crippen LogP contribution in [0, 0.1) is 5.92 Å². The summed E-state index contributed by atoms with van der Waals surface area (Å²) in [7, 11) is 0. The van der Waals surface area contributed by atoms with Gasteiger partial charge in [0.2, 0.25) is 0 Å². The number of alkyl carbamates (subject to hydrolysis) is 1. The Morgan fingerprint density at radius 1 is 1.21 bits per heavy atom. The predicted octanol–water partition coefficient (Wildman–Crippen LogP) is 3.27. The first kappa shape index (κ1) is 18.2. The van der Waals surface area contributed by atoms with Crippen LogP contribution in [0.15, 0.2) is 0 Å². The van der Waals surface area contributed by atoms with Gasteiger partial charge >= 0.3 is 6.09 Å². The van der Waals surface area contributed by atoms with Crippen LogP contribution in [0.3, 0.4) is 0 Å². The van der Waals surface area contributed by atoms with E-state index in [9.17, 15) is 4.79 Å². The quantitative estimate of drug-likeness (QED) is 0.773. The van der Waals surface area contributed by atoms with Crippen molar-refractivity contribution in [3.63, 3.8) is 0 Å². The zero-order chi connectivity index (χ0) is 15.1. The highest BCUT2D eigenvalue weighted by Crippen LogP contribution is 2.10. The van der Waals surface area contributed by atoms with Crippen LogP contribution in [-0.2, 0) is 4.74 Å². The fourth-order valence-electron chi connectivity index (χ4n) is 2.02. The largest absolute Gasteiger partial charge is 0.444 e. The minimum Gasteiger partial charge on any atom is -0.444 e. The SMILES string of the molecule is CCN(CC)C[C@H](CC(C)C)NC(=O)OC(C)(C)C. The second kappa shape index (κ2) is 8.41. The Hall–Kier alpha value is -0.770. The molecule has 0 saturated heterocycles. The number of carbonyl (C=O) groups excluding carboxylic acids is 1. The van der Waals surface area contributed by atoms with Crippen molar-refractivity contribution >= 4 is 6.09 Å². The van der Waals surface area contributed by atoms with Crippen molar-refractivity contribution in [2.75, 3.05) is 19.6 Å². The third-order valence-electron chi connectivity index (χ3n) is 2.85. The molecule has 0 aliphatic rings. The molecule has 0 aliphatic carbocycles. The molecule has 0 aliphatic heterocycles. The monoisotopic (exact) mass is 272 g/mol. The number of nitrogens with zero attached hydrogens (tertiary/aromatic N) is 1. The number of hydrogen-bond acceptors (Lipinski definition) is 3. The second-order valence-corrected chi connectivity index (χ2v) is 6.46. The van der Waals surface area contributed by atoms with Crippen molar-refractivity contribution in [3.05, 3.63) is 0 Å². The van der Waals surface area contributed by atoms with Crippen molar-refractivity contribution in [3.8, 4) is 0 Å². The zero-order valence-electron chi connectivity index (χ0n) is 13.7. The third kappa shape index (κ3) is 9.77. The van der Waals surface area contributed by atoms with Crippen LogP contribution in [0.1, 0.15) is 54.9 Å². The van der Waals surface area contributed by atoms with Crippen LogP contribution >= 0.6 is 0 Å². The summed E-state index contributed by atoms with van der Waals surface area (Å²) in [6.45, 7) is 17.2. The minimum atomic E-state index is -0.443. The van der Waals surface area contributed by atoms with Gasteiger partial charge in [0.1, 0.15) is 5.60 Å². The van der Waals surface area contributed by atoms with Crippen molar-refractivity contribution in [2.24, 2.45) is 5.92 Å². The van der Waals surface area contributed by atoms with Gasteiger partial charge in [0.25, 0.3) is 0 Å². The number of ether oxygens (including phenoxy) is 1. The lowest BCUT2D eigenvalue weighted by molar-refractivity contribution is 0.0485. The predicted molar refractivity (Wildman–Crippen MR) is 80.4 cm³/mol. The van der Waals surface area contributed by atoms with E-state index < -0.39 is 5.60 Å². The first-order valence-corrected chi connectivity index (χ1v) is 7.39. The van der Waals surface area contributed by atoms with Gasteiger partial charge in [-0.25, -0.2) is 4.79 Å². The molecule has 0 heterocycles. The third-order valence-corrected chi connectivity index (χ3v) is 2.85. The number of nitrogens with one attached hydrogen (secondary N) is 1. The summed E-state index contributed by atoms with van der Waals surface area (Å²) in [6, 6.07) is 0.148. The van der Waals surface area contributed by atoms with Crippen LogP contribution in [0.25, 0.3) is 0 Å². The van der Waals surface area contributed by atoms with Crippen LogP contribution in [-0.4, -0.2) is 42.3 Å². The molecule has 114 valence electrons. The van der Waals surface area contributed by atoms with E-state index in [0.717, 1.165) is 26.1 Å². The fraction of sp³-hybridized carbons (Fsp3) is 0.933. The molecule has 0 aromatic rings. The van der Waals surface area contributed by atoms with Crippen LogP contribution in [0.4, 0.5) is 4.79 Å². The highest BCUT2D eigenvalue weighted by molar-refractivity contribution is 5.68. The van der Waals surface area contributed by atoms with Crippen molar-refractivity contribution < 1.29 is 9.53 Å². The Kier molecular flexibility index (Phi) is 8.07. The van der Waals surface area contributed by atoms with E-state index in [1.54, 1.807) is 0 Å². The zero-order valence-corrected chi connectivity index (χ0v) is 13.7. The molecule has 1 amide bonds. The highest BCUT2D eigenvalue weighted by Gasteiger charge is 2.21. The van der Waals surface area contributed by atoms with Crippen molar-refractivity contribution in [2.45, 2.75) is 66.5 Å². The van der Waals surface area contributed by atoms with Crippen LogP contribution < -0.4 is 5.32 Å². The molecule has 0 spiro atoms. The summed E-state index contributed by atoms with van der Waals surface area (Å²) in [6.07, 6.45) is 0.653. The molecule has 0 aromatic carbocycles. The van der Waals surface area contributed by atoms with E-state index >= 15 is 0 Å². The molecule has 0 radical (unpaired) electrons. The van der Waals surface area contributed by atoms with Crippen molar-refractivity contribution in [1.29, 1.82) is 0 Å². The molecule has 0 saturated carbocycles. The molecule has 19 heavy (non-hydrogen) atoms. The Bertz CT molecular complexity index is 255. The summed E-state index contributed by atoms with van der Waals surface area (Å²) in [5.41, 5.74) is -0.443. The summed E-state index contributed by atoms with van der Waals surface area (Å²) in [5, 5.41) is 3.00. The maximum Gasteiger partial charge on any atom is 0.407 e. The summed E-state index contributed by atoms with van der Waals surface area (Å²) in [4.78, 5) is 14.2. The Morgan fingerprint density at radius 2 is 1.74 bits per heavy atom. The first-order valence-electron chi connectivity index (χ1n) is 7.39. The summed E-state index contributed by atoms with van der Waals surface area (Å²) >= 11 is 0. The van der Waals surface area contributed by atoms with E-state index in [-0.39, 0.29) is 12.1 Å². The second-order valence-electron chi connectivity index (χ2n) is 6.46. The lowest BCUT2D eigenvalue weighted by Crippen LogP contribution is -2.46. The van der Waals surface area contributed by atoms with Gasteiger partial charge in [-0.1, -0.05) is 27.7 Å². The topological polar surface area (TPSA) is 41.6 Å². The van der Waals surface area contributed by atoms with E-state index in [4.69, 9.17) is 4.74 Å². The van der Waals surface area contributed by atoms with E-state index in [0.29, 0.717) is 5.92 Å². The maximum atomic E-state index is 11.9. The van der Waals surface area contributed by atoms with Gasteiger partial charge in [-0.3, -0.25) is 0 Å². The average molecular weight is 272 g/mol. The van der Waals surface area contributed by atoms with E-state index in [2.05, 4.69) is 37.9 Å². The Morgan fingerprint density at radius 3 is 2.11 bits per heavy atom. The minimum absolute atomic E-state index is 0.148. The van der Waals surface area contributed by atoms with Gasteiger partial charge < -0.3 is 15.0 Å². The Labute approximate surface area is 118 Å². The number of amides is 1. The fourth-order valence-corrected chi connectivity index (χ4v) is 2.02. The molecule has 4 heteroatoms. The van der Waals surface area contributed by atoms with Crippen LogP contribution in [0.5, 0.6) is 0 Å². The molecule has 1 atom stereocenters. The van der Waals surface area contributed by atoms with E-state index in [1.165, 1.54) is 0 Å². The van der Waals surface area contributed by atoms with E-state index in [1.807, 2.05) is 20.8 Å². The standard InChI is InChI=1S/C15H32N2O2/c1-8-17(9-2)11-13(10-12(3)4)16-14(18)19-15(5,6)7/h12-13H,8-11H2,1-7H3,(H,16,18)/t13-/m0/s1. The highest BCUT2D eigenvalue weighted by atomic mass is 16.6. The molecule has 0 bridgehead atoms. The first-order chi connectivity index (χ1) is 8.67. The number of rotatable bonds is 7. The normalized spacial score (nSPS) is 13.7. The van der Waals surface area contributed by atoms with Gasteiger partial charge in [0.05, 0.1) is 0 Å². The molecule has 0 fully saturated rings. The van der Waals surface area contributed by atoms with Gasteiger partial charge in [-0.05, 0) is 46.2 Å². The summed E-state index contributed by atoms with van der Waals surface area (Å²) in [5.74, 6) is 0.551. The molecule has 0 unspecified atom stereocenters. The molecular weight excluding hydrogens is 240 g/mol. The lowest BCUT2D eigenvalue weighted by atomic mass is 10.0. The Balaban J connectivity index is 4.45. The van der Waals surface area contributed by atoms with Gasteiger partial charge in [-0.2, -0.15) is 0 Å². The molecular formula is C15H32N2O2. The number of hydrogen-bond donors (Lipinski definition) is 1. The van der Waals surface area contributed by atoms with Gasteiger partial charge in [0, 0.05) is 12.6 Å². The molecule has 0 aromatic heterocycles. The van der Waals surface area contributed by atoms with Gasteiger partial charge in [0.15, 0.2) is 0 Å². The lowest BCUT2D eigenvalue weighted by Gasteiger charge is -2.28. The van der Waals surface area contributed by atoms with Crippen LogP contribution in [0.2, 0.25) is 0 Å². The van der Waals surface area contributed by atoms with Crippen molar-refractivity contribution in [1.82, 2.24) is 10.2 Å². The molecule has 1 N–H and O–H groups in total.